The molecule has 1 saturated heterocycles. The first kappa shape index (κ1) is 17.9. The molecule has 3 atom stereocenters. The lowest BCUT2D eigenvalue weighted by Crippen LogP contribution is -2.44. The van der Waals surface area contributed by atoms with Crippen LogP contribution in [0.2, 0.25) is 0 Å². The quantitative estimate of drug-likeness (QED) is 0.699. The van der Waals surface area contributed by atoms with Crippen molar-refractivity contribution in [1.82, 2.24) is 5.32 Å². The molecular formula is C14H29NO4S. The third kappa shape index (κ3) is 7.57. The van der Waals surface area contributed by atoms with E-state index >= 15 is 0 Å². The summed E-state index contributed by atoms with van der Waals surface area (Å²) in [5.41, 5.74) is 0. The fourth-order valence-electron chi connectivity index (χ4n) is 2.55. The van der Waals surface area contributed by atoms with Crippen LogP contribution in [-0.4, -0.2) is 56.4 Å². The lowest BCUT2D eigenvalue weighted by Gasteiger charge is -2.25. The number of sulfone groups is 1. The first-order chi connectivity index (χ1) is 9.28. The van der Waals surface area contributed by atoms with Gasteiger partial charge in [0.15, 0.2) is 9.84 Å². The topological polar surface area (TPSA) is 75.6 Å². The average Bonchev–Trinajstić information content (AvgIpc) is 2.32. The molecule has 0 aromatic heterocycles. The molecule has 0 spiro atoms. The van der Waals surface area contributed by atoms with Crippen LogP contribution in [0, 0.1) is 5.92 Å². The van der Waals surface area contributed by atoms with Gasteiger partial charge in [-0.25, -0.2) is 8.42 Å². The zero-order chi connectivity index (χ0) is 15.2. The van der Waals surface area contributed by atoms with Crippen molar-refractivity contribution in [2.75, 3.05) is 24.7 Å². The minimum Gasteiger partial charge on any atom is -0.389 e. The van der Waals surface area contributed by atoms with E-state index in [1.807, 2.05) is 6.92 Å². The Morgan fingerprint density at radius 1 is 1.35 bits per heavy atom. The van der Waals surface area contributed by atoms with Crippen molar-refractivity contribution in [3.63, 3.8) is 0 Å². The Hall–Kier alpha value is -0.170. The van der Waals surface area contributed by atoms with E-state index in [4.69, 9.17) is 4.74 Å². The zero-order valence-corrected chi connectivity index (χ0v) is 13.7. The monoisotopic (exact) mass is 307 g/mol. The highest BCUT2D eigenvalue weighted by atomic mass is 32.2. The molecular weight excluding hydrogens is 278 g/mol. The molecule has 20 heavy (non-hydrogen) atoms. The van der Waals surface area contributed by atoms with Crippen LogP contribution in [0.5, 0.6) is 0 Å². The maximum Gasteiger partial charge on any atom is 0.151 e. The smallest absolute Gasteiger partial charge is 0.151 e. The minimum absolute atomic E-state index is 0.0310. The van der Waals surface area contributed by atoms with Gasteiger partial charge in [-0.15, -0.1) is 0 Å². The molecule has 1 fully saturated rings. The van der Waals surface area contributed by atoms with Crippen molar-refractivity contribution in [3.8, 4) is 0 Å². The predicted molar refractivity (Wildman–Crippen MR) is 80.6 cm³/mol. The van der Waals surface area contributed by atoms with Gasteiger partial charge in [0.1, 0.15) is 0 Å². The van der Waals surface area contributed by atoms with E-state index in [0.29, 0.717) is 31.2 Å². The van der Waals surface area contributed by atoms with Gasteiger partial charge in [0.05, 0.1) is 30.3 Å². The molecule has 0 saturated carbocycles. The fraction of sp³-hybridized carbons (Fsp3) is 1.00. The van der Waals surface area contributed by atoms with Crippen molar-refractivity contribution < 1.29 is 18.3 Å². The van der Waals surface area contributed by atoms with Crippen LogP contribution >= 0.6 is 0 Å². The van der Waals surface area contributed by atoms with E-state index in [0.717, 1.165) is 12.8 Å². The zero-order valence-electron chi connectivity index (χ0n) is 12.8. The van der Waals surface area contributed by atoms with Crippen LogP contribution in [-0.2, 0) is 14.6 Å². The number of nitrogens with one attached hydrogen (secondary N) is 1. The Kier molecular flexibility index (Phi) is 7.43. The summed E-state index contributed by atoms with van der Waals surface area (Å²) in [7, 11) is -2.89. The summed E-state index contributed by atoms with van der Waals surface area (Å²) in [6, 6.07) is -0.0310. The molecule has 120 valence electrons. The van der Waals surface area contributed by atoms with Gasteiger partial charge in [-0.05, 0) is 32.1 Å². The number of aliphatic hydroxyl groups excluding tert-OH is 1. The van der Waals surface area contributed by atoms with Gasteiger partial charge in [0.2, 0.25) is 0 Å². The van der Waals surface area contributed by atoms with Crippen LogP contribution < -0.4 is 5.32 Å². The normalized spacial score (nSPS) is 25.6. The summed E-state index contributed by atoms with van der Waals surface area (Å²) < 4.78 is 28.6. The van der Waals surface area contributed by atoms with Crippen LogP contribution in [0.15, 0.2) is 0 Å². The van der Waals surface area contributed by atoms with Crippen molar-refractivity contribution in [1.29, 1.82) is 0 Å². The second kappa shape index (κ2) is 8.32. The molecule has 1 aliphatic heterocycles. The maximum atomic E-state index is 11.5. The Morgan fingerprint density at radius 2 is 2.05 bits per heavy atom. The van der Waals surface area contributed by atoms with Crippen molar-refractivity contribution >= 4 is 9.84 Å². The third-order valence-corrected chi connectivity index (χ3v) is 5.30. The van der Waals surface area contributed by atoms with Gasteiger partial charge < -0.3 is 15.2 Å². The van der Waals surface area contributed by atoms with E-state index in [1.54, 1.807) is 0 Å². The molecule has 0 aliphatic carbocycles. The lowest BCUT2D eigenvalue weighted by molar-refractivity contribution is -0.00918. The number of ether oxygens (including phenoxy) is 1. The van der Waals surface area contributed by atoms with E-state index in [1.165, 1.54) is 0 Å². The third-order valence-electron chi connectivity index (χ3n) is 3.48. The summed E-state index contributed by atoms with van der Waals surface area (Å²) in [6.07, 6.45) is 2.09. The Balaban J connectivity index is 2.18. The van der Waals surface area contributed by atoms with Crippen LogP contribution in [0.25, 0.3) is 0 Å². The van der Waals surface area contributed by atoms with Gasteiger partial charge in [0, 0.05) is 12.6 Å². The maximum absolute atomic E-state index is 11.5. The molecule has 1 aliphatic rings. The van der Waals surface area contributed by atoms with E-state index in [9.17, 15) is 13.5 Å². The molecule has 6 heteroatoms. The van der Waals surface area contributed by atoms with Gasteiger partial charge >= 0.3 is 0 Å². The minimum atomic E-state index is -2.89. The lowest BCUT2D eigenvalue weighted by atomic mass is 10.1. The molecule has 5 nitrogen and oxygen atoms in total. The molecule has 3 unspecified atom stereocenters. The molecule has 0 aromatic carbocycles. The van der Waals surface area contributed by atoms with Crippen molar-refractivity contribution in [2.24, 2.45) is 5.92 Å². The van der Waals surface area contributed by atoms with Crippen LogP contribution in [0.1, 0.15) is 40.0 Å². The van der Waals surface area contributed by atoms with E-state index in [2.05, 4.69) is 19.2 Å². The Morgan fingerprint density at radius 3 is 2.65 bits per heavy atom. The first-order valence-corrected chi connectivity index (χ1v) is 9.34. The molecule has 0 aromatic rings. The highest BCUT2D eigenvalue weighted by Crippen LogP contribution is 2.12. The van der Waals surface area contributed by atoms with Crippen LogP contribution in [0.3, 0.4) is 0 Å². The molecule has 1 heterocycles. The largest absolute Gasteiger partial charge is 0.389 e. The second-order valence-corrected chi connectivity index (χ2v) is 8.52. The molecule has 0 amide bonds. The average molecular weight is 307 g/mol. The van der Waals surface area contributed by atoms with E-state index in [-0.39, 0.29) is 17.9 Å². The molecule has 2 N–H and O–H groups in total. The molecule has 1 rings (SSSR count). The number of hydrogen-bond acceptors (Lipinski definition) is 5. The second-order valence-electron chi connectivity index (χ2n) is 6.29. The highest BCUT2D eigenvalue weighted by Gasteiger charge is 2.24. The number of aliphatic hydroxyl groups is 1. The summed E-state index contributed by atoms with van der Waals surface area (Å²) in [4.78, 5) is 0. The van der Waals surface area contributed by atoms with Gasteiger partial charge in [-0.2, -0.15) is 0 Å². The van der Waals surface area contributed by atoms with Gasteiger partial charge in [-0.1, -0.05) is 13.8 Å². The van der Waals surface area contributed by atoms with Crippen molar-refractivity contribution in [3.05, 3.63) is 0 Å². The fourth-order valence-corrected chi connectivity index (χ4v) is 4.22. The van der Waals surface area contributed by atoms with Gasteiger partial charge in [-0.3, -0.25) is 0 Å². The van der Waals surface area contributed by atoms with Crippen molar-refractivity contribution in [2.45, 2.75) is 58.3 Å². The van der Waals surface area contributed by atoms with Crippen LogP contribution in [0.4, 0.5) is 0 Å². The standard InChI is InChI=1S/C14H29NO4S/c1-11(2)7-12(3)19-9-14(16)8-15-13-5-4-6-20(17,18)10-13/h11-16H,4-10H2,1-3H3. The Bertz CT molecular complexity index is 369. The van der Waals surface area contributed by atoms with E-state index < -0.39 is 15.9 Å². The van der Waals surface area contributed by atoms with Gasteiger partial charge in [0.25, 0.3) is 0 Å². The number of rotatable bonds is 8. The molecule has 0 bridgehead atoms. The summed E-state index contributed by atoms with van der Waals surface area (Å²) in [6.45, 7) is 6.96. The summed E-state index contributed by atoms with van der Waals surface area (Å²) in [5.74, 6) is 1.06. The SMILES string of the molecule is CC(C)CC(C)OCC(O)CNC1CCCS(=O)(=O)C1. The summed E-state index contributed by atoms with van der Waals surface area (Å²) >= 11 is 0. The number of hydrogen-bond donors (Lipinski definition) is 2. The molecule has 0 radical (unpaired) electrons. The highest BCUT2D eigenvalue weighted by molar-refractivity contribution is 7.91. The first-order valence-electron chi connectivity index (χ1n) is 7.52. The Labute approximate surface area is 123 Å². The predicted octanol–water partition coefficient (Wildman–Crippen LogP) is 0.965. The summed E-state index contributed by atoms with van der Waals surface area (Å²) in [5, 5.41) is 13.0.